The average molecular weight is 261 g/mol. The quantitative estimate of drug-likeness (QED) is 0.888. The van der Waals surface area contributed by atoms with Crippen LogP contribution < -0.4 is 10.1 Å². The van der Waals surface area contributed by atoms with E-state index in [1.165, 1.54) is 16.5 Å². The molecule has 3 nitrogen and oxygen atoms in total. The molecule has 0 unspecified atom stereocenters. The number of ether oxygens (including phenoxy) is 1. The standard InChI is InChI=1S/C16H23NO2/c1-6-12-13-7-11(4)8-14(18-5)16(13)19-15(12)9-17-10(2)3/h7-8,10,17H,6,9H2,1-5H3. The first-order valence-corrected chi connectivity index (χ1v) is 6.89. The van der Waals surface area contributed by atoms with Gasteiger partial charge in [-0.3, -0.25) is 0 Å². The molecule has 1 heterocycles. The number of rotatable bonds is 5. The van der Waals surface area contributed by atoms with E-state index in [1.54, 1.807) is 7.11 Å². The van der Waals surface area contributed by atoms with Crippen molar-refractivity contribution in [3.63, 3.8) is 0 Å². The van der Waals surface area contributed by atoms with E-state index in [0.29, 0.717) is 6.04 Å². The molecule has 1 aromatic heterocycles. The molecular formula is C16H23NO2. The summed E-state index contributed by atoms with van der Waals surface area (Å²) in [7, 11) is 1.69. The number of hydrogen-bond acceptors (Lipinski definition) is 3. The Morgan fingerprint density at radius 1 is 1.32 bits per heavy atom. The molecule has 0 amide bonds. The summed E-state index contributed by atoms with van der Waals surface area (Å²) in [6, 6.07) is 4.64. The predicted molar refractivity (Wildman–Crippen MR) is 78.9 cm³/mol. The lowest BCUT2D eigenvalue weighted by Crippen LogP contribution is -2.22. The fourth-order valence-corrected chi connectivity index (χ4v) is 2.38. The number of aryl methyl sites for hydroxylation is 2. The highest BCUT2D eigenvalue weighted by Crippen LogP contribution is 2.34. The molecule has 0 atom stereocenters. The summed E-state index contributed by atoms with van der Waals surface area (Å²) in [6.45, 7) is 9.29. The molecule has 1 N–H and O–H groups in total. The zero-order chi connectivity index (χ0) is 14.0. The third-order valence-electron chi connectivity index (χ3n) is 3.33. The first kappa shape index (κ1) is 13.9. The molecule has 0 radical (unpaired) electrons. The highest BCUT2D eigenvalue weighted by Gasteiger charge is 2.16. The van der Waals surface area contributed by atoms with E-state index < -0.39 is 0 Å². The van der Waals surface area contributed by atoms with Crippen LogP contribution in [0.4, 0.5) is 0 Å². The summed E-state index contributed by atoms with van der Waals surface area (Å²) in [6.07, 6.45) is 0.967. The van der Waals surface area contributed by atoms with Gasteiger partial charge >= 0.3 is 0 Å². The van der Waals surface area contributed by atoms with Gasteiger partial charge in [-0.05, 0) is 31.0 Å². The van der Waals surface area contributed by atoms with Crippen LogP contribution in [-0.4, -0.2) is 13.2 Å². The van der Waals surface area contributed by atoms with Crippen LogP contribution in [0.3, 0.4) is 0 Å². The van der Waals surface area contributed by atoms with Crippen LogP contribution >= 0.6 is 0 Å². The van der Waals surface area contributed by atoms with Crippen LogP contribution in [0.5, 0.6) is 5.75 Å². The van der Waals surface area contributed by atoms with E-state index >= 15 is 0 Å². The van der Waals surface area contributed by atoms with Crippen molar-refractivity contribution in [1.29, 1.82) is 0 Å². The van der Waals surface area contributed by atoms with Gasteiger partial charge in [0.05, 0.1) is 13.7 Å². The van der Waals surface area contributed by atoms with Gasteiger partial charge in [-0.1, -0.05) is 20.8 Å². The van der Waals surface area contributed by atoms with Crippen LogP contribution in [0.25, 0.3) is 11.0 Å². The number of hydrogen-bond donors (Lipinski definition) is 1. The fourth-order valence-electron chi connectivity index (χ4n) is 2.38. The molecule has 3 heteroatoms. The van der Waals surface area contributed by atoms with Crippen LogP contribution in [0.15, 0.2) is 16.5 Å². The molecular weight excluding hydrogens is 238 g/mol. The fraction of sp³-hybridized carbons (Fsp3) is 0.500. The van der Waals surface area contributed by atoms with Gasteiger partial charge in [-0.25, -0.2) is 0 Å². The molecule has 0 saturated carbocycles. The third kappa shape index (κ3) is 2.76. The van der Waals surface area contributed by atoms with Crippen LogP contribution in [0.2, 0.25) is 0 Å². The molecule has 0 aliphatic carbocycles. The summed E-state index contributed by atoms with van der Waals surface area (Å²) in [4.78, 5) is 0. The van der Waals surface area contributed by atoms with Gasteiger partial charge in [0, 0.05) is 17.0 Å². The normalized spacial score (nSPS) is 11.5. The van der Waals surface area contributed by atoms with Gasteiger partial charge in [-0.15, -0.1) is 0 Å². The maximum atomic E-state index is 6.03. The molecule has 0 saturated heterocycles. The number of fused-ring (bicyclic) bond motifs is 1. The van der Waals surface area contributed by atoms with Gasteiger partial charge in [0.2, 0.25) is 0 Å². The minimum atomic E-state index is 0.446. The van der Waals surface area contributed by atoms with Crippen molar-refractivity contribution in [3.8, 4) is 5.75 Å². The highest BCUT2D eigenvalue weighted by atomic mass is 16.5. The Labute approximate surface area is 114 Å². The molecule has 0 fully saturated rings. The lowest BCUT2D eigenvalue weighted by molar-refractivity contribution is 0.404. The molecule has 0 bridgehead atoms. The molecule has 0 spiro atoms. The Bertz CT molecular complexity index is 570. The van der Waals surface area contributed by atoms with E-state index in [9.17, 15) is 0 Å². The van der Waals surface area contributed by atoms with Gasteiger partial charge < -0.3 is 14.5 Å². The molecule has 0 aliphatic heterocycles. The van der Waals surface area contributed by atoms with Crippen molar-refractivity contribution in [2.24, 2.45) is 0 Å². The second kappa shape index (κ2) is 5.66. The summed E-state index contributed by atoms with van der Waals surface area (Å²) in [5.41, 5.74) is 3.35. The Hall–Kier alpha value is -1.48. The average Bonchev–Trinajstić information content (AvgIpc) is 2.72. The van der Waals surface area contributed by atoms with Crippen molar-refractivity contribution < 1.29 is 9.15 Å². The lowest BCUT2D eigenvalue weighted by Gasteiger charge is -2.06. The molecule has 1 aromatic carbocycles. The highest BCUT2D eigenvalue weighted by molar-refractivity contribution is 5.88. The van der Waals surface area contributed by atoms with Crippen molar-refractivity contribution in [1.82, 2.24) is 5.32 Å². The lowest BCUT2D eigenvalue weighted by atomic mass is 10.1. The van der Waals surface area contributed by atoms with E-state index in [2.05, 4.69) is 39.1 Å². The topological polar surface area (TPSA) is 34.4 Å². The molecule has 0 aliphatic rings. The van der Waals surface area contributed by atoms with Crippen molar-refractivity contribution in [2.75, 3.05) is 7.11 Å². The number of benzene rings is 1. The van der Waals surface area contributed by atoms with E-state index in [4.69, 9.17) is 9.15 Å². The predicted octanol–water partition coefficient (Wildman–Crippen LogP) is 3.81. The number of methoxy groups -OCH3 is 1. The zero-order valence-corrected chi connectivity index (χ0v) is 12.5. The van der Waals surface area contributed by atoms with E-state index in [-0.39, 0.29) is 0 Å². The summed E-state index contributed by atoms with van der Waals surface area (Å²) in [5.74, 6) is 1.84. The second-order valence-corrected chi connectivity index (χ2v) is 5.24. The third-order valence-corrected chi connectivity index (χ3v) is 3.33. The summed E-state index contributed by atoms with van der Waals surface area (Å²) in [5, 5.41) is 4.60. The largest absolute Gasteiger partial charge is 0.493 e. The molecule has 2 rings (SSSR count). The summed E-state index contributed by atoms with van der Waals surface area (Å²) >= 11 is 0. The SMILES string of the molecule is CCc1c(CNC(C)C)oc2c(OC)cc(C)cc12. The smallest absolute Gasteiger partial charge is 0.176 e. The first-order chi connectivity index (χ1) is 9.06. The van der Waals surface area contributed by atoms with E-state index in [0.717, 1.165) is 30.1 Å². The Balaban J connectivity index is 2.53. The van der Waals surface area contributed by atoms with Crippen molar-refractivity contribution in [2.45, 2.75) is 46.7 Å². The van der Waals surface area contributed by atoms with Crippen LogP contribution in [0, 0.1) is 6.92 Å². The first-order valence-electron chi connectivity index (χ1n) is 6.89. The van der Waals surface area contributed by atoms with Crippen molar-refractivity contribution >= 4 is 11.0 Å². The maximum absolute atomic E-state index is 6.03. The number of furan rings is 1. The van der Waals surface area contributed by atoms with Crippen LogP contribution in [-0.2, 0) is 13.0 Å². The van der Waals surface area contributed by atoms with E-state index in [1.807, 2.05) is 6.07 Å². The second-order valence-electron chi connectivity index (χ2n) is 5.24. The zero-order valence-electron chi connectivity index (χ0n) is 12.5. The summed E-state index contributed by atoms with van der Waals surface area (Å²) < 4.78 is 11.5. The minimum absolute atomic E-state index is 0.446. The molecule has 19 heavy (non-hydrogen) atoms. The molecule has 2 aromatic rings. The van der Waals surface area contributed by atoms with Gasteiger partial charge in [0.15, 0.2) is 11.3 Å². The van der Waals surface area contributed by atoms with Crippen LogP contribution in [0.1, 0.15) is 37.7 Å². The number of nitrogens with one attached hydrogen (secondary N) is 1. The van der Waals surface area contributed by atoms with Gasteiger partial charge in [0.25, 0.3) is 0 Å². The minimum Gasteiger partial charge on any atom is -0.493 e. The monoisotopic (exact) mass is 261 g/mol. The Morgan fingerprint density at radius 2 is 2.05 bits per heavy atom. The van der Waals surface area contributed by atoms with Gasteiger partial charge in [-0.2, -0.15) is 0 Å². The Morgan fingerprint density at radius 3 is 2.63 bits per heavy atom. The maximum Gasteiger partial charge on any atom is 0.176 e. The van der Waals surface area contributed by atoms with Gasteiger partial charge in [0.1, 0.15) is 5.76 Å². The van der Waals surface area contributed by atoms with Crippen molar-refractivity contribution in [3.05, 3.63) is 29.0 Å². The Kier molecular flexibility index (Phi) is 4.15. The molecule has 104 valence electrons.